The lowest BCUT2D eigenvalue weighted by molar-refractivity contribution is 0.275. The molecule has 4 nitrogen and oxygen atoms in total. The predicted octanol–water partition coefficient (Wildman–Crippen LogP) is 12.6. The second-order valence-electron chi connectivity index (χ2n) is 13.4. The summed E-state index contributed by atoms with van der Waals surface area (Å²) in [6, 6.07) is 57.2. The molecule has 1 fully saturated rings. The van der Waals surface area contributed by atoms with Crippen LogP contribution in [-0.2, 0) is 0 Å². The minimum atomic E-state index is -0.306. The zero-order valence-electron chi connectivity index (χ0n) is 27.5. The minimum absolute atomic E-state index is 0.105. The molecular weight excluding hydrogens is 661 g/mol. The van der Waals surface area contributed by atoms with Gasteiger partial charge in [-0.3, -0.25) is 5.32 Å². The van der Waals surface area contributed by atoms with Crippen LogP contribution >= 0.6 is 22.7 Å². The fourth-order valence-electron chi connectivity index (χ4n) is 8.03. The second kappa shape index (κ2) is 11.6. The molecule has 2 N–H and O–H groups in total. The van der Waals surface area contributed by atoms with E-state index < -0.39 is 0 Å². The summed E-state index contributed by atoms with van der Waals surface area (Å²) in [4.78, 5) is 0. The van der Waals surface area contributed by atoms with Gasteiger partial charge in [-0.25, -0.2) is 0 Å². The van der Waals surface area contributed by atoms with Crippen LogP contribution in [0.25, 0.3) is 78.6 Å². The van der Waals surface area contributed by atoms with Gasteiger partial charge in [0, 0.05) is 52.8 Å². The number of aromatic nitrogens is 1. The van der Waals surface area contributed by atoms with E-state index in [0.29, 0.717) is 0 Å². The van der Waals surface area contributed by atoms with Gasteiger partial charge in [0.2, 0.25) is 0 Å². The molecule has 0 radical (unpaired) electrons. The first kappa shape index (κ1) is 29.4. The van der Waals surface area contributed by atoms with Crippen LogP contribution in [0, 0.1) is 0 Å². The number of fused-ring (bicyclic) bond motifs is 10. The van der Waals surface area contributed by atoms with Crippen LogP contribution in [-0.4, -0.2) is 4.57 Å². The third-order valence-corrected chi connectivity index (χ3v) is 13.0. The van der Waals surface area contributed by atoms with Crippen molar-refractivity contribution in [3.63, 3.8) is 0 Å². The molecule has 1 aliphatic rings. The zero-order chi connectivity index (χ0) is 33.5. The fraction of sp³-hybridized carbons (Fsp3) is 0.0667. The first-order valence-corrected chi connectivity index (χ1v) is 19.0. The summed E-state index contributed by atoms with van der Waals surface area (Å²) in [5.41, 5.74) is 7.11. The highest BCUT2D eigenvalue weighted by Crippen LogP contribution is 2.46. The van der Waals surface area contributed by atoms with Crippen molar-refractivity contribution in [2.24, 2.45) is 0 Å². The third-order valence-electron chi connectivity index (χ3n) is 10.4. The Morgan fingerprint density at radius 2 is 1.12 bits per heavy atom. The van der Waals surface area contributed by atoms with Gasteiger partial charge in [0.05, 0.1) is 15.6 Å². The van der Waals surface area contributed by atoms with Crippen molar-refractivity contribution >= 4 is 84.8 Å². The Kier molecular flexibility index (Phi) is 6.69. The standard InChI is InChI=1S/C45H31N4S2/c1-3-11-27(12-4-1)29-19-23-38-35(25-29)31-15-7-9-17-37(31)49(38)45-47-43(28-13-5-2-6-14-28)46-44(48-45)30-20-24-40-36(26-30)34-22-21-33-32-16-8-10-18-39(32)50-41(33)42(34)51-40/h1-26,43-47H/q-1. The van der Waals surface area contributed by atoms with E-state index in [-0.39, 0.29) is 18.6 Å². The molecule has 0 saturated carbocycles. The molecule has 11 rings (SSSR count). The van der Waals surface area contributed by atoms with Gasteiger partial charge < -0.3 is 15.2 Å². The Hall–Kier alpha value is -5.34. The molecule has 3 atom stereocenters. The van der Waals surface area contributed by atoms with Crippen LogP contribution in [0.2, 0.25) is 0 Å². The average Bonchev–Trinajstić information content (AvgIpc) is 3.87. The van der Waals surface area contributed by atoms with Gasteiger partial charge in [-0.05, 0) is 59.4 Å². The normalized spacial score (nSPS) is 18.2. The highest BCUT2D eigenvalue weighted by molar-refractivity contribution is 7.33. The molecule has 1 saturated heterocycles. The lowest BCUT2D eigenvalue weighted by atomic mass is 10.0. The number of hydrogen-bond donors (Lipinski definition) is 2. The van der Waals surface area contributed by atoms with Crippen molar-refractivity contribution in [3.05, 3.63) is 174 Å². The summed E-state index contributed by atoms with van der Waals surface area (Å²) in [7, 11) is 0. The second-order valence-corrected chi connectivity index (χ2v) is 15.5. The molecule has 51 heavy (non-hydrogen) atoms. The van der Waals surface area contributed by atoms with E-state index >= 15 is 0 Å². The summed E-state index contributed by atoms with van der Waals surface area (Å²) < 4.78 is 7.79. The van der Waals surface area contributed by atoms with Crippen molar-refractivity contribution in [2.45, 2.75) is 18.6 Å². The number of para-hydroxylation sites is 1. The predicted molar refractivity (Wildman–Crippen MR) is 218 cm³/mol. The molecule has 10 aromatic rings. The number of nitrogens with zero attached hydrogens (tertiary/aromatic N) is 2. The van der Waals surface area contributed by atoms with Crippen LogP contribution in [0.1, 0.15) is 29.7 Å². The first-order valence-electron chi connectivity index (χ1n) is 17.4. The number of hydrogen-bond acceptors (Lipinski definition) is 4. The minimum Gasteiger partial charge on any atom is -0.610 e. The fourth-order valence-corrected chi connectivity index (χ4v) is 10.5. The van der Waals surface area contributed by atoms with Gasteiger partial charge in [-0.2, -0.15) is 0 Å². The number of thiophene rings is 2. The Balaban J connectivity index is 1.05. The third kappa shape index (κ3) is 4.69. The molecule has 1 aliphatic heterocycles. The molecule has 7 aromatic carbocycles. The number of rotatable bonds is 4. The molecule has 3 aromatic heterocycles. The Morgan fingerprint density at radius 1 is 0.451 bits per heavy atom. The lowest BCUT2D eigenvalue weighted by Crippen LogP contribution is -2.46. The summed E-state index contributed by atoms with van der Waals surface area (Å²) in [6.07, 6.45) is -0.639. The maximum atomic E-state index is 5.55. The molecule has 0 amide bonds. The van der Waals surface area contributed by atoms with E-state index in [2.05, 4.69) is 173 Å². The van der Waals surface area contributed by atoms with Gasteiger partial charge in [-0.15, -0.1) is 22.7 Å². The van der Waals surface area contributed by atoms with Gasteiger partial charge in [0.25, 0.3) is 0 Å². The molecule has 4 heterocycles. The largest absolute Gasteiger partial charge is 0.610 e. The zero-order valence-corrected chi connectivity index (χ0v) is 29.1. The molecule has 0 bridgehead atoms. The number of benzene rings is 7. The highest BCUT2D eigenvalue weighted by atomic mass is 32.1. The lowest BCUT2D eigenvalue weighted by Gasteiger charge is -2.51. The maximum absolute atomic E-state index is 5.55. The van der Waals surface area contributed by atoms with E-state index in [1.165, 1.54) is 67.8 Å². The monoisotopic (exact) mass is 691 g/mol. The molecule has 0 spiro atoms. The van der Waals surface area contributed by atoms with Crippen LogP contribution < -0.4 is 10.6 Å². The van der Waals surface area contributed by atoms with Crippen LogP contribution in [0.15, 0.2) is 158 Å². The molecule has 0 aliphatic carbocycles. The SMILES string of the molecule is c1ccc(-c2ccc3c(c2)c2ccccc2n3C2[N-]C(c3ccc4sc5c(ccc6c7ccccc7sc65)c4c3)NC(c3ccccc3)N2)cc1. The van der Waals surface area contributed by atoms with E-state index in [0.717, 1.165) is 16.6 Å². The van der Waals surface area contributed by atoms with Crippen LogP contribution in [0.4, 0.5) is 0 Å². The maximum Gasteiger partial charge on any atom is 0.0827 e. The van der Waals surface area contributed by atoms with Crippen molar-refractivity contribution in [3.8, 4) is 11.1 Å². The topological polar surface area (TPSA) is 43.1 Å². The first-order chi connectivity index (χ1) is 25.3. The molecule has 3 unspecified atom stereocenters. The molecular formula is C45H31N4S2-. The van der Waals surface area contributed by atoms with Gasteiger partial charge in [-0.1, -0.05) is 133 Å². The van der Waals surface area contributed by atoms with E-state index in [9.17, 15) is 0 Å². The summed E-state index contributed by atoms with van der Waals surface area (Å²) in [5.74, 6) is 0. The smallest absolute Gasteiger partial charge is 0.0827 e. The summed E-state index contributed by atoms with van der Waals surface area (Å²) >= 11 is 3.81. The van der Waals surface area contributed by atoms with E-state index in [1.54, 1.807) is 0 Å². The van der Waals surface area contributed by atoms with E-state index in [4.69, 9.17) is 5.32 Å². The van der Waals surface area contributed by atoms with Crippen LogP contribution in [0.3, 0.4) is 0 Å². The van der Waals surface area contributed by atoms with E-state index in [1.807, 2.05) is 22.7 Å². The van der Waals surface area contributed by atoms with Crippen molar-refractivity contribution in [1.29, 1.82) is 0 Å². The van der Waals surface area contributed by atoms with Crippen molar-refractivity contribution < 1.29 is 0 Å². The van der Waals surface area contributed by atoms with Crippen LogP contribution in [0.5, 0.6) is 0 Å². The average molecular weight is 692 g/mol. The Bertz CT molecular complexity index is 2920. The quantitative estimate of drug-likeness (QED) is 0.193. The van der Waals surface area contributed by atoms with Gasteiger partial charge >= 0.3 is 0 Å². The Morgan fingerprint density at radius 3 is 1.94 bits per heavy atom. The van der Waals surface area contributed by atoms with Gasteiger partial charge in [0.15, 0.2) is 0 Å². The highest BCUT2D eigenvalue weighted by Gasteiger charge is 2.25. The summed E-state index contributed by atoms with van der Waals surface area (Å²) in [6.45, 7) is 0. The van der Waals surface area contributed by atoms with Crippen molar-refractivity contribution in [2.75, 3.05) is 0 Å². The number of nitrogens with one attached hydrogen (secondary N) is 2. The Labute approximate surface area is 302 Å². The van der Waals surface area contributed by atoms with Gasteiger partial charge in [0.1, 0.15) is 0 Å². The summed E-state index contributed by atoms with van der Waals surface area (Å²) in [5, 5.41) is 21.1. The van der Waals surface area contributed by atoms with Crippen molar-refractivity contribution in [1.82, 2.24) is 15.2 Å². The molecule has 244 valence electrons. The molecule has 6 heteroatoms.